The van der Waals surface area contributed by atoms with Gasteiger partial charge in [-0.05, 0) is 31.2 Å². The van der Waals surface area contributed by atoms with Crippen LogP contribution < -0.4 is 16.4 Å². The number of tetrazole rings is 1. The highest BCUT2D eigenvalue weighted by Crippen LogP contribution is 2.05. The Kier molecular flexibility index (Phi) is 4.44. The summed E-state index contributed by atoms with van der Waals surface area (Å²) in [4.78, 5) is 23.5. The molecule has 0 aliphatic rings. The molecule has 0 aliphatic heterocycles. The number of nitrogens with two attached hydrogens (primary N) is 1. The van der Waals surface area contributed by atoms with Crippen LogP contribution in [0.1, 0.15) is 29.1 Å². The van der Waals surface area contributed by atoms with Crippen LogP contribution in [-0.2, 0) is 4.79 Å². The second-order valence-electron chi connectivity index (χ2n) is 4.36. The number of H-pyrrole nitrogens is 1. The van der Waals surface area contributed by atoms with Crippen molar-refractivity contribution in [2.24, 2.45) is 0 Å². The summed E-state index contributed by atoms with van der Waals surface area (Å²) < 4.78 is 0. The fraction of sp³-hybridized carbons (Fsp3) is 0.250. The van der Waals surface area contributed by atoms with Crippen molar-refractivity contribution >= 4 is 17.5 Å². The maximum absolute atomic E-state index is 11.8. The van der Waals surface area contributed by atoms with Gasteiger partial charge < -0.3 is 16.4 Å². The third-order valence-corrected chi connectivity index (χ3v) is 2.71. The summed E-state index contributed by atoms with van der Waals surface area (Å²) in [6.45, 7) is 1.57. The van der Waals surface area contributed by atoms with Crippen LogP contribution in [0.3, 0.4) is 0 Å². The zero-order valence-corrected chi connectivity index (χ0v) is 11.3. The van der Waals surface area contributed by atoms with Gasteiger partial charge in [-0.15, -0.1) is 10.2 Å². The first-order valence-electron chi connectivity index (χ1n) is 6.22. The first-order chi connectivity index (χ1) is 10.1. The fourth-order valence-electron chi connectivity index (χ4n) is 1.61. The van der Waals surface area contributed by atoms with Crippen LogP contribution in [0.4, 0.5) is 5.69 Å². The van der Waals surface area contributed by atoms with Gasteiger partial charge in [-0.3, -0.25) is 9.59 Å². The van der Waals surface area contributed by atoms with Crippen LogP contribution in [0.15, 0.2) is 24.3 Å². The van der Waals surface area contributed by atoms with Gasteiger partial charge in [0.2, 0.25) is 5.91 Å². The second-order valence-corrected chi connectivity index (χ2v) is 4.36. The number of benzene rings is 1. The molecule has 9 nitrogen and oxygen atoms in total. The average Bonchev–Trinajstić information content (AvgIpc) is 3.00. The van der Waals surface area contributed by atoms with Gasteiger partial charge >= 0.3 is 0 Å². The summed E-state index contributed by atoms with van der Waals surface area (Å²) in [5, 5.41) is 18.4. The Morgan fingerprint density at radius 1 is 1.33 bits per heavy atom. The lowest BCUT2D eigenvalue weighted by atomic mass is 10.2. The van der Waals surface area contributed by atoms with E-state index < -0.39 is 6.04 Å². The highest BCUT2D eigenvalue weighted by atomic mass is 16.2. The number of amides is 2. The van der Waals surface area contributed by atoms with Gasteiger partial charge in [0.1, 0.15) is 0 Å². The summed E-state index contributed by atoms with van der Waals surface area (Å²) >= 11 is 0. The molecule has 0 saturated heterocycles. The number of aromatic amines is 1. The number of anilines is 1. The summed E-state index contributed by atoms with van der Waals surface area (Å²) in [5.74, 6) is -0.332. The molecule has 2 rings (SSSR count). The molecule has 110 valence electrons. The normalized spacial score (nSPS) is 11.7. The minimum atomic E-state index is -0.398. The molecule has 1 aromatic carbocycles. The molecule has 0 aliphatic carbocycles. The molecule has 1 aromatic heterocycles. The summed E-state index contributed by atoms with van der Waals surface area (Å²) in [6, 6.07) is 6.01. The van der Waals surface area contributed by atoms with E-state index in [9.17, 15) is 9.59 Å². The molecular formula is C12H15N7O2. The summed E-state index contributed by atoms with van der Waals surface area (Å²) in [7, 11) is 0. The third kappa shape index (κ3) is 4.00. The zero-order chi connectivity index (χ0) is 15.2. The van der Waals surface area contributed by atoms with Gasteiger partial charge in [0.05, 0.1) is 12.6 Å². The van der Waals surface area contributed by atoms with Gasteiger partial charge in [0.15, 0.2) is 5.82 Å². The molecular weight excluding hydrogens is 274 g/mol. The van der Waals surface area contributed by atoms with Crippen molar-refractivity contribution in [1.82, 2.24) is 31.3 Å². The van der Waals surface area contributed by atoms with E-state index in [0.717, 1.165) is 0 Å². The lowest BCUT2D eigenvalue weighted by Crippen LogP contribution is -2.38. The average molecular weight is 289 g/mol. The Labute approximate surface area is 120 Å². The predicted molar refractivity (Wildman–Crippen MR) is 73.9 cm³/mol. The molecule has 0 bridgehead atoms. The first kappa shape index (κ1) is 14.4. The molecule has 0 radical (unpaired) electrons. The molecule has 2 amide bonds. The number of carbonyl (C=O) groups is 2. The Morgan fingerprint density at radius 2 is 2.05 bits per heavy atom. The largest absolute Gasteiger partial charge is 0.399 e. The number of nitrogen functional groups attached to an aromatic ring is 1. The third-order valence-electron chi connectivity index (χ3n) is 2.71. The van der Waals surface area contributed by atoms with Crippen LogP contribution >= 0.6 is 0 Å². The quantitative estimate of drug-likeness (QED) is 0.541. The number of nitrogens with one attached hydrogen (secondary N) is 3. The van der Waals surface area contributed by atoms with Gasteiger partial charge in [-0.1, -0.05) is 5.21 Å². The van der Waals surface area contributed by atoms with Crippen molar-refractivity contribution in [3.8, 4) is 0 Å². The lowest BCUT2D eigenvalue weighted by molar-refractivity contribution is -0.120. The van der Waals surface area contributed by atoms with Crippen LogP contribution in [-0.4, -0.2) is 39.0 Å². The monoisotopic (exact) mass is 289 g/mol. The van der Waals surface area contributed by atoms with Crippen molar-refractivity contribution in [3.05, 3.63) is 35.7 Å². The molecule has 5 N–H and O–H groups in total. The van der Waals surface area contributed by atoms with E-state index >= 15 is 0 Å². The number of hydrogen-bond acceptors (Lipinski definition) is 6. The van der Waals surface area contributed by atoms with E-state index in [4.69, 9.17) is 5.73 Å². The maximum atomic E-state index is 11.8. The van der Waals surface area contributed by atoms with Gasteiger partial charge in [0, 0.05) is 11.3 Å². The van der Waals surface area contributed by atoms with Crippen molar-refractivity contribution < 1.29 is 9.59 Å². The highest BCUT2D eigenvalue weighted by Gasteiger charge is 2.14. The highest BCUT2D eigenvalue weighted by molar-refractivity contribution is 5.96. The van der Waals surface area contributed by atoms with Crippen LogP contribution in [0.25, 0.3) is 0 Å². The molecule has 0 spiro atoms. The topological polar surface area (TPSA) is 139 Å². The number of carbonyl (C=O) groups excluding carboxylic acids is 2. The van der Waals surface area contributed by atoms with Crippen molar-refractivity contribution in [3.63, 3.8) is 0 Å². The maximum Gasteiger partial charge on any atom is 0.251 e. The van der Waals surface area contributed by atoms with Crippen molar-refractivity contribution in [1.29, 1.82) is 0 Å². The Balaban J connectivity index is 1.81. The van der Waals surface area contributed by atoms with E-state index in [-0.39, 0.29) is 18.4 Å². The minimum absolute atomic E-state index is 0.147. The van der Waals surface area contributed by atoms with E-state index in [1.807, 2.05) is 0 Å². The molecule has 1 atom stereocenters. The SMILES string of the molecule is CC(NC(=O)CNC(=O)c1ccc(N)cc1)c1nn[nH]n1. The molecule has 2 aromatic rings. The molecule has 0 saturated carbocycles. The van der Waals surface area contributed by atoms with E-state index in [1.54, 1.807) is 31.2 Å². The van der Waals surface area contributed by atoms with Crippen LogP contribution in [0.5, 0.6) is 0 Å². The molecule has 0 fully saturated rings. The van der Waals surface area contributed by atoms with Gasteiger partial charge in [-0.2, -0.15) is 5.21 Å². The van der Waals surface area contributed by atoms with Crippen molar-refractivity contribution in [2.75, 3.05) is 12.3 Å². The minimum Gasteiger partial charge on any atom is -0.399 e. The lowest BCUT2D eigenvalue weighted by Gasteiger charge is -2.10. The van der Waals surface area contributed by atoms with Gasteiger partial charge in [-0.25, -0.2) is 0 Å². The first-order valence-corrected chi connectivity index (χ1v) is 6.22. The number of nitrogens with zero attached hydrogens (tertiary/aromatic N) is 3. The Hall–Kier alpha value is -2.97. The summed E-state index contributed by atoms with van der Waals surface area (Å²) in [6.07, 6.45) is 0. The van der Waals surface area contributed by atoms with Crippen molar-refractivity contribution in [2.45, 2.75) is 13.0 Å². The fourth-order valence-corrected chi connectivity index (χ4v) is 1.61. The standard InChI is InChI=1S/C12H15N7O2/c1-7(11-16-18-19-17-11)15-10(20)6-14-12(21)8-2-4-9(13)5-3-8/h2-5,7H,6,13H2,1H3,(H,14,21)(H,15,20)(H,16,17,18,19). The van der Waals surface area contributed by atoms with Crippen LogP contribution in [0.2, 0.25) is 0 Å². The number of rotatable bonds is 5. The molecule has 9 heteroatoms. The molecule has 21 heavy (non-hydrogen) atoms. The second kappa shape index (κ2) is 6.46. The Bertz CT molecular complexity index is 609. The van der Waals surface area contributed by atoms with E-state index in [0.29, 0.717) is 17.1 Å². The zero-order valence-electron chi connectivity index (χ0n) is 11.3. The van der Waals surface area contributed by atoms with E-state index in [2.05, 4.69) is 31.3 Å². The molecule has 1 unspecified atom stereocenters. The Morgan fingerprint density at radius 3 is 2.67 bits per heavy atom. The number of aromatic nitrogens is 4. The molecule has 1 heterocycles. The predicted octanol–water partition coefficient (Wildman–Crippen LogP) is -0.611. The smallest absolute Gasteiger partial charge is 0.251 e. The van der Waals surface area contributed by atoms with E-state index in [1.165, 1.54) is 0 Å². The van der Waals surface area contributed by atoms with Crippen LogP contribution in [0, 0.1) is 0 Å². The van der Waals surface area contributed by atoms with Gasteiger partial charge in [0.25, 0.3) is 5.91 Å². The summed E-state index contributed by atoms with van der Waals surface area (Å²) in [5.41, 5.74) is 6.54. The number of hydrogen-bond donors (Lipinski definition) is 4.